The molecule has 3 rings (SSSR count). The van der Waals surface area contributed by atoms with Crippen molar-refractivity contribution in [2.45, 2.75) is 20.5 Å². The number of aryl methyl sites for hydroxylation is 2. The second-order valence-corrected chi connectivity index (χ2v) is 8.90. The molecule has 0 unspecified atom stereocenters. The van der Waals surface area contributed by atoms with E-state index < -0.39 is 0 Å². The van der Waals surface area contributed by atoms with E-state index in [1.807, 2.05) is 42.6 Å². The van der Waals surface area contributed by atoms with Gasteiger partial charge in [0.2, 0.25) is 0 Å². The van der Waals surface area contributed by atoms with Crippen LogP contribution in [0.5, 0.6) is 5.75 Å². The first kappa shape index (κ1) is 20.3. The molecule has 3 aromatic rings. The summed E-state index contributed by atoms with van der Waals surface area (Å²) in [7, 11) is 0. The maximum Gasteiger partial charge on any atom is 0.148 e. The van der Waals surface area contributed by atoms with E-state index in [4.69, 9.17) is 4.74 Å². The molecule has 0 radical (unpaired) electrons. The van der Waals surface area contributed by atoms with Gasteiger partial charge >= 0.3 is 0 Å². The molecule has 0 spiro atoms. The Bertz CT molecular complexity index is 958. The monoisotopic (exact) mass is 549 g/mol. The molecule has 0 saturated carbocycles. The highest BCUT2D eigenvalue weighted by Crippen LogP contribution is 2.35. The molecule has 0 aliphatic carbocycles. The minimum absolute atomic E-state index is 0.500. The van der Waals surface area contributed by atoms with Crippen molar-refractivity contribution in [3.05, 3.63) is 90.3 Å². The van der Waals surface area contributed by atoms with E-state index in [1.165, 1.54) is 5.56 Å². The number of hydrogen-bond donors (Lipinski definition) is 0. The van der Waals surface area contributed by atoms with Crippen molar-refractivity contribution in [1.82, 2.24) is 0 Å². The molecule has 0 aliphatic rings. The number of nitrogens with zero attached hydrogens (tertiary/aromatic N) is 1. The first-order valence-electron chi connectivity index (χ1n) is 8.40. The Kier molecular flexibility index (Phi) is 6.90. The largest absolute Gasteiger partial charge is 0.487 e. The normalized spacial score (nSPS) is 11.1. The Morgan fingerprint density at radius 1 is 0.889 bits per heavy atom. The molecule has 0 saturated heterocycles. The summed E-state index contributed by atoms with van der Waals surface area (Å²) in [6.07, 6.45) is 1.87. The molecule has 0 bridgehead atoms. The van der Waals surface area contributed by atoms with Crippen LogP contribution in [0.15, 0.2) is 73.0 Å². The minimum atomic E-state index is 0.500. The van der Waals surface area contributed by atoms with E-state index >= 15 is 0 Å². The van der Waals surface area contributed by atoms with Crippen LogP contribution in [0.2, 0.25) is 0 Å². The van der Waals surface area contributed by atoms with Gasteiger partial charge in [0, 0.05) is 10.7 Å². The Morgan fingerprint density at radius 3 is 2.22 bits per heavy atom. The van der Waals surface area contributed by atoms with Gasteiger partial charge in [-0.25, -0.2) is 0 Å². The third-order valence-corrected chi connectivity index (χ3v) is 5.74. The second kappa shape index (κ2) is 9.18. The standard InChI is InChI=1S/C22H18Br3NO/c1-14-3-4-15(2)21(9-14)26-12-17-10-19(24)22(20(25)11-17)27-13-16-5-7-18(23)8-6-16/h3-12H,13H2,1-2H3. The van der Waals surface area contributed by atoms with Crippen molar-refractivity contribution < 1.29 is 4.74 Å². The fourth-order valence-electron chi connectivity index (χ4n) is 2.53. The summed E-state index contributed by atoms with van der Waals surface area (Å²) in [4.78, 5) is 4.64. The van der Waals surface area contributed by atoms with Crippen molar-refractivity contribution in [2.24, 2.45) is 4.99 Å². The maximum atomic E-state index is 5.99. The third-order valence-electron chi connectivity index (χ3n) is 4.03. The van der Waals surface area contributed by atoms with E-state index in [1.54, 1.807) is 0 Å². The van der Waals surface area contributed by atoms with Crippen molar-refractivity contribution in [2.75, 3.05) is 0 Å². The molecule has 0 heterocycles. The Balaban J connectivity index is 1.77. The molecule has 0 amide bonds. The summed E-state index contributed by atoms with van der Waals surface area (Å²) in [6, 6.07) is 18.4. The smallest absolute Gasteiger partial charge is 0.148 e. The molecule has 138 valence electrons. The van der Waals surface area contributed by atoms with E-state index in [-0.39, 0.29) is 0 Å². The van der Waals surface area contributed by atoms with Gasteiger partial charge in [0.15, 0.2) is 0 Å². The lowest BCUT2D eigenvalue weighted by Gasteiger charge is -2.11. The van der Waals surface area contributed by atoms with Crippen LogP contribution >= 0.6 is 47.8 Å². The SMILES string of the molecule is Cc1ccc(C)c(N=Cc2cc(Br)c(OCc3ccc(Br)cc3)c(Br)c2)c1. The molecule has 0 aromatic heterocycles. The van der Waals surface area contributed by atoms with Crippen LogP contribution in [0, 0.1) is 13.8 Å². The van der Waals surface area contributed by atoms with Crippen LogP contribution in [0.1, 0.15) is 22.3 Å². The fraction of sp³-hybridized carbons (Fsp3) is 0.136. The number of ether oxygens (including phenoxy) is 1. The summed E-state index contributed by atoms with van der Waals surface area (Å²) in [5.74, 6) is 0.779. The van der Waals surface area contributed by atoms with Gasteiger partial charge in [0.05, 0.1) is 14.6 Å². The molecule has 0 aliphatic heterocycles. The average Bonchev–Trinajstić information content (AvgIpc) is 2.63. The molecule has 2 nitrogen and oxygen atoms in total. The van der Waals surface area contributed by atoms with Crippen LogP contribution in [0.4, 0.5) is 5.69 Å². The molecule has 0 N–H and O–H groups in total. The highest BCUT2D eigenvalue weighted by atomic mass is 79.9. The van der Waals surface area contributed by atoms with Crippen LogP contribution in [0.3, 0.4) is 0 Å². The van der Waals surface area contributed by atoms with Gasteiger partial charge in [0.25, 0.3) is 0 Å². The van der Waals surface area contributed by atoms with Crippen LogP contribution in [-0.2, 0) is 6.61 Å². The fourth-order valence-corrected chi connectivity index (χ4v) is 4.25. The summed E-state index contributed by atoms with van der Waals surface area (Å²) in [5.41, 5.74) is 5.44. The molecule has 5 heteroatoms. The van der Waals surface area contributed by atoms with Crippen molar-refractivity contribution >= 4 is 59.7 Å². The minimum Gasteiger partial charge on any atom is -0.487 e. The van der Waals surface area contributed by atoms with Crippen LogP contribution in [-0.4, -0.2) is 6.21 Å². The van der Waals surface area contributed by atoms with Gasteiger partial charge in [-0.1, -0.05) is 40.2 Å². The highest BCUT2D eigenvalue weighted by molar-refractivity contribution is 9.11. The van der Waals surface area contributed by atoms with Crippen molar-refractivity contribution in [3.63, 3.8) is 0 Å². The van der Waals surface area contributed by atoms with Gasteiger partial charge in [-0.05, 0) is 98.3 Å². The lowest BCUT2D eigenvalue weighted by atomic mass is 10.1. The summed E-state index contributed by atoms with van der Waals surface area (Å²) >= 11 is 10.7. The predicted molar refractivity (Wildman–Crippen MR) is 123 cm³/mol. The zero-order valence-electron chi connectivity index (χ0n) is 15.0. The van der Waals surface area contributed by atoms with E-state index in [0.717, 1.165) is 41.5 Å². The van der Waals surface area contributed by atoms with Crippen molar-refractivity contribution in [1.29, 1.82) is 0 Å². The highest BCUT2D eigenvalue weighted by Gasteiger charge is 2.09. The predicted octanol–water partition coefficient (Wildman–Crippen LogP) is 7.92. The van der Waals surface area contributed by atoms with E-state index in [9.17, 15) is 0 Å². The lowest BCUT2D eigenvalue weighted by molar-refractivity contribution is 0.302. The average molecular weight is 552 g/mol. The Hall–Kier alpha value is -1.43. The van der Waals surface area contributed by atoms with Crippen LogP contribution < -0.4 is 4.74 Å². The Morgan fingerprint density at radius 2 is 1.56 bits per heavy atom. The lowest BCUT2D eigenvalue weighted by Crippen LogP contribution is -1.97. The van der Waals surface area contributed by atoms with E-state index in [2.05, 4.69) is 84.8 Å². The zero-order valence-corrected chi connectivity index (χ0v) is 19.7. The topological polar surface area (TPSA) is 21.6 Å². The number of rotatable bonds is 5. The molecular formula is C22H18Br3NO. The summed E-state index contributed by atoms with van der Waals surface area (Å²) in [5, 5.41) is 0. The van der Waals surface area contributed by atoms with Gasteiger partial charge in [-0.3, -0.25) is 4.99 Å². The molecule has 27 heavy (non-hydrogen) atoms. The molecular weight excluding hydrogens is 534 g/mol. The first-order chi connectivity index (χ1) is 12.9. The molecule has 3 aromatic carbocycles. The number of halogens is 3. The molecule has 0 fully saturated rings. The first-order valence-corrected chi connectivity index (χ1v) is 10.8. The van der Waals surface area contributed by atoms with Crippen molar-refractivity contribution in [3.8, 4) is 5.75 Å². The Labute approximate surface area is 185 Å². The van der Waals surface area contributed by atoms with Gasteiger partial charge in [0.1, 0.15) is 12.4 Å². The van der Waals surface area contributed by atoms with E-state index in [0.29, 0.717) is 6.61 Å². The van der Waals surface area contributed by atoms with Gasteiger partial charge in [-0.2, -0.15) is 0 Å². The number of hydrogen-bond acceptors (Lipinski definition) is 2. The zero-order chi connectivity index (χ0) is 19.4. The quantitative estimate of drug-likeness (QED) is 0.295. The number of aliphatic imine (C=N–C) groups is 1. The van der Waals surface area contributed by atoms with Crippen LogP contribution in [0.25, 0.3) is 0 Å². The van der Waals surface area contributed by atoms with Gasteiger partial charge in [-0.15, -0.1) is 0 Å². The molecule has 0 atom stereocenters. The number of benzene rings is 3. The third kappa shape index (κ3) is 5.53. The summed E-state index contributed by atoms with van der Waals surface area (Å²) in [6.45, 7) is 4.64. The maximum absolute atomic E-state index is 5.99. The summed E-state index contributed by atoms with van der Waals surface area (Å²) < 4.78 is 8.82. The second-order valence-electron chi connectivity index (χ2n) is 6.28. The van der Waals surface area contributed by atoms with Gasteiger partial charge < -0.3 is 4.74 Å².